The quantitative estimate of drug-likeness (QED) is 0.226. The van der Waals surface area contributed by atoms with Gasteiger partial charge in [-0.1, -0.05) is 66.7 Å². The number of benzene rings is 6. The van der Waals surface area contributed by atoms with Gasteiger partial charge in [0.25, 0.3) is 0 Å². The average molecular weight is 537 g/mol. The van der Waals surface area contributed by atoms with Crippen LogP contribution in [0.4, 0.5) is 0 Å². The van der Waals surface area contributed by atoms with E-state index in [0.717, 1.165) is 55.3 Å². The highest BCUT2D eigenvalue weighted by molar-refractivity contribution is 6.10. The van der Waals surface area contributed by atoms with E-state index in [0.29, 0.717) is 11.1 Å². The molecule has 0 atom stereocenters. The Morgan fingerprint density at radius 3 is 1.60 bits per heavy atom. The fourth-order valence-corrected chi connectivity index (χ4v) is 6.32. The van der Waals surface area contributed by atoms with Crippen LogP contribution < -0.4 is 0 Å². The summed E-state index contributed by atoms with van der Waals surface area (Å²) in [6, 6.07) is 50.2. The molecule has 2 heterocycles. The highest BCUT2D eigenvalue weighted by atomic mass is 15.0. The molecular formula is C38H24N4. The molecule has 2 aromatic heterocycles. The molecule has 8 aromatic rings. The first-order valence-electron chi connectivity index (χ1n) is 13.8. The maximum absolute atomic E-state index is 10.1. The van der Waals surface area contributed by atoms with E-state index in [2.05, 4.69) is 112 Å². The second-order valence-electron chi connectivity index (χ2n) is 10.5. The Morgan fingerprint density at radius 1 is 0.405 bits per heavy atom. The van der Waals surface area contributed by atoms with Crippen molar-refractivity contribution < 1.29 is 1.43 Å². The molecule has 0 unspecified atom stereocenters. The third-order valence-corrected chi connectivity index (χ3v) is 8.12. The lowest BCUT2D eigenvalue weighted by atomic mass is 10.0. The second-order valence-corrected chi connectivity index (χ2v) is 10.5. The van der Waals surface area contributed by atoms with E-state index in [1.54, 1.807) is 0 Å². The van der Waals surface area contributed by atoms with Crippen molar-refractivity contribution in [1.82, 2.24) is 9.13 Å². The Kier molecular flexibility index (Phi) is 5.22. The summed E-state index contributed by atoms with van der Waals surface area (Å²) in [5.41, 5.74) is 9.51. The third kappa shape index (κ3) is 3.53. The molecule has 0 bridgehead atoms. The minimum absolute atomic E-state index is 0. The molecule has 0 saturated carbocycles. The second kappa shape index (κ2) is 9.24. The first-order chi connectivity index (χ1) is 20.7. The van der Waals surface area contributed by atoms with Gasteiger partial charge in [0.1, 0.15) is 0 Å². The lowest BCUT2D eigenvalue weighted by molar-refractivity contribution is 1.17. The molecule has 4 heteroatoms. The van der Waals surface area contributed by atoms with Crippen LogP contribution in [-0.2, 0) is 0 Å². The van der Waals surface area contributed by atoms with Crippen LogP contribution in [-0.4, -0.2) is 9.13 Å². The first-order valence-corrected chi connectivity index (χ1v) is 13.8. The van der Waals surface area contributed by atoms with Gasteiger partial charge in [-0.05, 0) is 77.9 Å². The highest BCUT2D eigenvalue weighted by Crippen LogP contribution is 2.36. The lowest BCUT2D eigenvalue weighted by Crippen LogP contribution is -1.97. The SMILES string of the molecule is N#Cc1cc(-c2cccc(-n3c4ccccc4c4ccccc43)c2)cc(-n2c3ccccc3c3cc(C#N)ccc32)c1.[HH]. The minimum atomic E-state index is 0. The van der Waals surface area contributed by atoms with Crippen LogP contribution in [0.25, 0.3) is 66.1 Å². The monoisotopic (exact) mass is 536 g/mol. The van der Waals surface area contributed by atoms with Crippen LogP contribution in [0.2, 0.25) is 0 Å². The van der Waals surface area contributed by atoms with Crippen LogP contribution in [0.1, 0.15) is 12.6 Å². The van der Waals surface area contributed by atoms with Crippen molar-refractivity contribution in [3.63, 3.8) is 0 Å². The zero-order valence-corrected chi connectivity index (χ0v) is 22.5. The number of hydrogen-bond donors (Lipinski definition) is 0. The zero-order chi connectivity index (χ0) is 28.2. The normalized spacial score (nSPS) is 11.3. The van der Waals surface area contributed by atoms with Crippen molar-refractivity contribution >= 4 is 43.6 Å². The molecule has 0 fully saturated rings. The molecular weight excluding hydrogens is 512 g/mol. The molecule has 0 radical (unpaired) electrons. The third-order valence-electron chi connectivity index (χ3n) is 8.12. The predicted molar refractivity (Wildman–Crippen MR) is 172 cm³/mol. The molecule has 6 aromatic carbocycles. The topological polar surface area (TPSA) is 57.4 Å². The summed E-state index contributed by atoms with van der Waals surface area (Å²) in [4.78, 5) is 0. The standard InChI is InChI=1S/C38H22N4.H2/c39-23-25-16-17-38-34(20-25)33-12-3-6-15-37(33)42(38)30-19-26(24-40)18-28(22-30)27-8-7-9-29(21-27)41-35-13-4-1-10-31(35)32-11-2-5-14-36(32)41;/h1-22H;1H. The van der Waals surface area contributed by atoms with E-state index < -0.39 is 0 Å². The Hall–Kier alpha value is -6.10. The number of nitriles is 2. The van der Waals surface area contributed by atoms with Crippen molar-refractivity contribution in [2.45, 2.75) is 0 Å². The van der Waals surface area contributed by atoms with E-state index in [1.165, 1.54) is 10.8 Å². The van der Waals surface area contributed by atoms with Gasteiger partial charge in [-0.2, -0.15) is 10.5 Å². The molecule has 0 amide bonds. The molecule has 0 aliphatic carbocycles. The summed E-state index contributed by atoms with van der Waals surface area (Å²) < 4.78 is 4.50. The minimum Gasteiger partial charge on any atom is -0.309 e. The fourth-order valence-electron chi connectivity index (χ4n) is 6.32. The van der Waals surface area contributed by atoms with Crippen LogP contribution >= 0.6 is 0 Å². The van der Waals surface area contributed by atoms with Crippen molar-refractivity contribution in [3.05, 3.63) is 145 Å². The largest absolute Gasteiger partial charge is 0.309 e. The van der Waals surface area contributed by atoms with Gasteiger partial charge in [-0.15, -0.1) is 0 Å². The van der Waals surface area contributed by atoms with Crippen molar-refractivity contribution in [3.8, 4) is 34.6 Å². The van der Waals surface area contributed by atoms with Crippen molar-refractivity contribution in [2.75, 3.05) is 0 Å². The molecule has 0 aliphatic rings. The van der Waals surface area contributed by atoms with Gasteiger partial charge < -0.3 is 9.13 Å². The lowest BCUT2D eigenvalue weighted by Gasteiger charge is -2.13. The first kappa shape index (κ1) is 23.8. The number of aromatic nitrogens is 2. The van der Waals surface area contributed by atoms with Crippen LogP contribution in [0.3, 0.4) is 0 Å². The van der Waals surface area contributed by atoms with Gasteiger partial charge >= 0.3 is 0 Å². The molecule has 0 aliphatic heterocycles. The Bertz CT molecular complexity index is 2400. The Morgan fingerprint density at radius 2 is 0.952 bits per heavy atom. The molecule has 0 saturated heterocycles. The maximum atomic E-state index is 10.1. The summed E-state index contributed by atoms with van der Waals surface area (Å²) in [6.45, 7) is 0. The van der Waals surface area contributed by atoms with E-state index in [1.807, 2.05) is 42.5 Å². The Balaban J connectivity index is 0.00000300. The van der Waals surface area contributed by atoms with Gasteiger partial charge in [0.15, 0.2) is 0 Å². The van der Waals surface area contributed by atoms with Gasteiger partial charge in [-0.3, -0.25) is 0 Å². The van der Waals surface area contributed by atoms with Crippen LogP contribution in [0.5, 0.6) is 0 Å². The maximum Gasteiger partial charge on any atom is 0.0992 e. The van der Waals surface area contributed by atoms with Gasteiger partial charge in [0.05, 0.1) is 45.3 Å². The zero-order valence-electron chi connectivity index (χ0n) is 22.5. The number of hydrogen-bond acceptors (Lipinski definition) is 2. The van der Waals surface area contributed by atoms with Crippen molar-refractivity contribution in [2.24, 2.45) is 0 Å². The molecule has 42 heavy (non-hydrogen) atoms. The molecule has 0 N–H and O–H groups in total. The van der Waals surface area contributed by atoms with Gasteiger partial charge in [0, 0.05) is 34.3 Å². The number of rotatable bonds is 3. The molecule has 8 rings (SSSR count). The molecule has 196 valence electrons. The van der Waals surface area contributed by atoms with E-state index in [-0.39, 0.29) is 1.43 Å². The summed E-state index contributed by atoms with van der Waals surface area (Å²) in [7, 11) is 0. The predicted octanol–water partition coefficient (Wildman–Crippen LogP) is 9.54. The van der Waals surface area contributed by atoms with Gasteiger partial charge in [0.2, 0.25) is 0 Å². The highest BCUT2D eigenvalue weighted by Gasteiger charge is 2.16. The fraction of sp³-hybridized carbons (Fsp3) is 0. The summed E-state index contributed by atoms with van der Waals surface area (Å²) in [5.74, 6) is 0. The molecule has 4 nitrogen and oxygen atoms in total. The molecule has 0 spiro atoms. The summed E-state index contributed by atoms with van der Waals surface area (Å²) in [5, 5.41) is 24.1. The summed E-state index contributed by atoms with van der Waals surface area (Å²) in [6.07, 6.45) is 0. The van der Waals surface area contributed by atoms with E-state index in [9.17, 15) is 10.5 Å². The summed E-state index contributed by atoms with van der Waals surface area (Å²) >= 11 is 0. The van der Waals surface area contributed by atoms with E-state index in [4.69, 9.17) is 0 Å². The Labute approximate surface area is 243 Å². The van der Waals surface area contributed by atoms with Crippen LogP contribution in [0, 0.1) is 22.7 Å². The van der Waals surface area contributed by atoms with Crippen LogP contribution in [0.15, 0.2) is 133 Å². The number of fused-ring (bicyclic) bond motifs is 6. The number of nitrogens with zero attached hydrogens (tertiary/aromatic N) is 4. The van der Waals surface area contributed by atoms with Crippen molar-refractivity contribution in [1.29, 1.82) is 10.5 Å². The average Bonchev–Trinajstić information content (AvgIpc) is 3.57. The smallest absolute Gasteiger partial charge is 0.0992 e. The van der Waals surface area contributed by atoms with E-state index >= 15 is 0 Å². The van der Waals surface area contributed by atoms with Gasteiger partial charge in [-0.25, -0.2) is 0 Å². The number of para-hydroxylation sites is 3.